The Morgan fingerprint density at radius 2 is 2.00 bits per heavy atom. The van der Waals surface area contributed by atoms with Crippen LogP contribution < -0.4 is 4.74 Å². The molecule has 0 aliphatic rings. The Morgan fingerprint density at radius 1 is 1.36 bits per heavy atom. The summed E-state index contributed by atoms with van der Waals surface area (Å²) in [6.45, 7) is 1.57. The SMILES string of the molecule is CC(=C=O)Oc1ccccc1. The monoisotopic (exact) mass is 148 g/mol. The molecule has 1 aromatic carbocycles. The molecule has 0 amide bonds. The van der Waals surface area contributed by atoms with Crippen molar-refractivity contribution in [1.29, 1.82) is 0 Å². The Balaban J connectivity index is 2.73. The summed E-state index contributed by atoms with van der Waals surface area (Å²) < 4.78 is 5.06. The van der Waals surface area contributed by atoms with Gasteiger partial charge >= 0.3 is 0 Å². The molecule has 2 nitrogen and oxygen atoms in total. The molecule has 0 N–H and O–H groups in total. The van der Waals surface area contributed by atoms with Crippen molar-refractivity contribution in [3.63, 3.8) is 0 Å². The number of hydrogen-bond acceptors (Lipinski definition) is 2. The lowest BCUT2D eigenvalue weighted by Gasteiger charge is -1.99. The van der Waals surface area contributed by atoms with Crippen LogP contribution in [0.15, 0.2) is 36.1 Å². The van der Waals surface area contributed by atoms with E-state index in [0.717, 1.165) is 0 Å². The summed E-state index contributed by atoms with van der Waals surface area (Å²) in [6.07, 6.45) is 0. The Hall–Kier alpha value is -1.53. The van der Waals surface area contributed by atoms with Gasteiger partial charge in [-0.3, -0.25) is 0 Å². The first-order valence-electron chi connectivity index (χ1n) is 3.27. The average molecular weight is 148 g/mol. The van der Waals surface area contributed by atoms with Gasteiger partial charge in [-0.05, 0) is 12.1 Å². The van der Waals surface area contributed by atoms with Crippen molar-refractivity contribution in [3.8, 4) is 5.75 Å². The first-order valence-corrected chi connectivity index (χ1v) is 3.27. The molecule has 0 fully saturated rings. The van der Waals surface area contributed by atoms with Gasteiger partial charge in [0.2, 0.25) is 0 Å². The fraction of sp³-hybridized carbons (Fsp3) is 0.111. The van der Waals surface area contributed by atoms with Gasteiger partial charge in [0, 0.05) is 6.92 Å². The van der Waals surface area contributed by atoms with Crippen LogP contribution in [-0.2, 0) is 4.79 Å². The second-order valence-electron chi connectivity index (χ2n) is 2.07. The summed E-state index contributed by atoms with van der Waals surface area (Å²) in [7, 11) is 0. The molecule has 0 aliphatic heterocycles. The van der Waals surface area contributed by atoms with E-state index in [1.54, 1.807) is 25.0 Å². The van der Waals surface area contributed by atoms with Crippen LogP contribution in [0, 0.1) is 0 Å². The van der Waals surface area contributed by atoms with E-state index in [0.29, 0.717) is 5.75 Å². The first-order chi connectivity index (χ1) is 5.33. The van der Waals surface area contributed by atoms with Crippen molar-refractivity contribution in [2.24, 2.45) is 0 Å². The summed E-state index contributed by atoms with van der Waals surface area (Å²) >= 11 is 0. The van der Waals surface area contributed by atoms with Crippen LogP contribution in [0.5, 0.6) is 5.75 Å². The number of ether oxygens (including phenoxy) is 1. The predicted octanol–water partition coefficient (Wildman–Crippen LogP) is 1.80. The van der Waals surface area contributed by atoms with Crippen molar-refractivity contribution in [3.05, 3.63) is 36.1 Å². The molecule has 0 atom stereocenters. The smallest absolute Gasteiger partial charge is 0.184 e. The minimum absolute atomic E-state index is 0.246. The summed E-state index contributed by atoms with van der Waals surface area (Å²) in [6, 6.07) is 9.12. The number of benzene rings is 1. The number of para-hydroxylation sites is 1. The molecule has 0 heterocycles. The fourth-order valence-corrected chi connectivity index (χ4v) is 0.686. The lowest BCUT2D eigenvalue weighted by molar-refractivity contribution is 0.427. The van der Waals surface area contributed by atoms with Crippen LogP contribution in [0.4, 0.5) is 0 Å². The zero-order valence-corrected chi connectivity index (χ0v) is 6.20. The van der Waals surface area contributed by atoms with Gasteiger partial charge in [0.25, 0.3) is 0 Å². The largest absolute Gasteiger partial charge is 0.450 e. The van der Waals surface area contributed by atoms with Crippen molar-refractivity contribution in [2.75, 3.05) is 0 Å². The van der Waals surface area contributed by atoms with Crippen LogP contribution in [0.3, 0.4) is 0 Å². The molecule has 11 heavy (non-hydrogen) atoms. The lowest BCUT2D eigenvalue weighted by Crippen LogP contribution is -1.89. The summed E-state index contributed by atoms with van der Waals surface area (Å²) in [4.78, 5) is 10.0. The van der Waals surface area contributed by atoms with E-state index in [-0.39, 0.29) is 5.76 Å². The highest BCUT2D eigenvalue weighted by Gasteiger charge is 1.91. The van der Waals surface area contributed by atoms with Gasteiger partial charge in [0.05, 0.1) is 0 Å². The molecule has 56 valence electrons. The van der Waals surface area contributed by atoms with E-state index < -0.39 is 0 Å². The highest BCUT2D eigenvalue weighted by atomic mass is 16.5. The lowest BCUT2D eigenvalue weighted by atomic mass is 10.3. The Labute approximate surface area is 65.1 Å². The van der Waals surface area contributed by atoms with Crippen molar-refractivity contribution < 1.29 is 9.53 Å². The summed E-state index contributed by atoms with van der Waals surface area (Å²) in [5.74, 6) is 2.56. The quantitative estimate of drug-likeness (QED) is 0.472. The van der Waals surface area contributed by atoms with E-state index in [1.807, 2.05) is 18.2 Å². The molecule has 0 spiro atoms. The molecule has 0 unspecified atom stereocenters. The molecule has 0 radical (unpaired) electrons. The highest BCUT2D eigenvalue weighted by molar-refractivity contribution is 5.49. The molecular weight excluding hydrogens is 140 g/mol. The molecule has 0 bridgehead atoms. The third kappa shape index (κ3) is 2.28. The third-order valence-electron chi connectivity index (χ3n) is 1.16. The first kappa shape index (κ1) is 7.58. The summed E-state index contributed by atoms with van der Waals surface area (Å²) in [5, 5.41) is 0. The maximum Gasteiger partial charge on any atom is 0.184 e. The van der Waals surface area contributed by atoms with Gasteiger partial charge in [-0.15, -0.1) is 0 Å². The topological polar surface area (TPSA) is 26.3 Å². The zero-order chi connectivity index (χ0) is 8.10. The molecule has 0 saturated carbocycles. The Morgan fingerprint density at radius 3 is 2.55 bits per heavy atom. The minimum atomic E-state index is 0.246. The standard InChI is InChI=1S/C9H8O2/c1-8(7-10)11-9-5-3-2-4-6-9/h2-6H,1H3. The van der Waals surface area contributed by atoms with Gasteiger partial charge in [0.1, 0.15) is 5.75 Å². The van der Waals surface area contributed by atoms with E-state index in [9.17, 15) is 4.79 Å². The van der Waals surface area contributed by atoms with Gasteiger partial charge in [-0.1, -0.05) is 18.2 Å². The van der Waals surface area contributed by atoms with Gasteiger partial charge in [-0.2, -0.15) is 0 Å². The number of allylic oxidation sites excluding steroid dienone is 1. The molecule has 0 aromatic heterocycles. The minimum Gasteiger partial charge on any atom is -0.450 e. The number of hydrogen-bond donors (Lipinski definition) is 0. The number of carbonyl (C=O) groups excluding carboxylic acids is 1. The van der Waals surface area contributed by atoms with Crippen LogP contribution in [0.25, 0.3) is 0 Å². The van der Waals surface area contributed by atoms with Gasteiger partial charge in [0.15, 0.2) is 11.7 Å². The maximum atomic E-state index is 10.0. The Bertz CT molecular complexity index is 271. The fourth-order valence-electron chi connectivity index (χ4n) is 0.686. The van der Waals surface area contributed by atoms with Crippen LogP contribution in [0.2, 0.25) is 0 Å². The normalized spacial score (nSPS) is 8.45. The zero-order valence-electron chi connectivity index (χ0n) is 6.20. The van der Waals surface area contributed by atoms with Crippen LogP contribution in [0.1, 0.15) is 6.92 Å². The van der Waals surface area contributed by atoms with E-state index in [1.165, 1.54) is 0 Å². The molecule has 0 saturated heterocycles. The van der Waals surface area contributed by atoms with Crippen LogP contribution >= 0.6 is 0 Å². The van der Waals surface area contributed by atoms with Gasteiger partial charge in [-0.25, -0.2) is 4.79 Å². The second-order valence-corrected chi connectivity index (χ2v) is 2.07. The number of rotatable bonds is 2. The predicted molar refractivity (Wildman–Crippen MR) is 42.0 cm³/mol. The van der Waals surface area contributed by atoms with E-state index in [2.05, 4.69) is 0 Å². The Kier molecular flexibility index (Phi) is 2.47. The summed E-state index contributed by atoms with van der Waals surface area (Å²) in [5.41, 5.74) is 0. The third-order valence-corrected chi connectivity index (χ3v) is 1.16. The second kappa shape index (κ2) is 3.59. The molecule has 1 aromatic rings. The molecule has 1 rings (SSSR count). The van der Waals surface area contributed by atoms with Crippen LogP contribution in [-0.4, -0.2) is 5.94 Å². The van der Waals surface area contributed by atoms with Crippen molar-refractivity contribution in [1.82, 2.24) is 0 Å². The highest BCUT2D eigenvalue weighted by Crippen LogP contribution is 2.10. The van der Waals surface area contributed by atoms with Crippen molar-refractivity contribution >= 4 is 5.94 Å². The van der Waals surface area contributed by atoms with E-state index >= 15 is 0 Å². The average Bonchev–Trinajstić information content (AvgIpc) is 2.06. The van der Waals surface area contributed by atoms with E-state index in [4.69, 9.17) is 4.74 Å². The van der Waals surface area contributed by atoms with Gasteiger partial charge < -0.3 is 4.74 Å². The van der Waals surface area contributed by atoms with Crippen molar-refractivity contribution in [2.45, 2.75) is 6.92 Å². The molecular formula is C9H8O2. The molecule has 0 aliphatic carbocycles. The maximum absolute atomic E-state index is 10.0. The molecule has 2 heteroatoms.